The van der Waals surface area contributed by atoms with Crippen LogP contribution < -0.4 is 10.1 Å². The van der Waals surface area contributed by atoms with Crippen molar-refractivity contribution in [3.63, 3.8) is 0 Å². The first-order chi connectivity index (χ1) is 8.74. The smallest absolute Gasteiger partial charge is 0.138 e. The summed E-state index contributed by atoms with van der Waals surface area (Å²) in [6.45, 7) is 3.56. The largest absolute Gasteiger partial charge is 0.496 e. The number of nitrogens with one attached hydrogen (secondary N) is 1. The van der Waals surface area contributed by atoms with E-state index >= 15 is 0 Å². The topological polar surface area (TPSA) is 34.4 Å². The Hall–Kier alpha value is -1.81. The van der Waals surface area contributed by atoms with Crippen molar-refractivity contribution in [2.45, 2.75) is 13.5 Å². The number of ether oxygens (including phenoxy) is 1. The third-order valence-electron chi connectivity index (χ3n) is 2.64. The quantitative estimate of drug-likeness (QED) is 0.883. The van der Waals surface area contributed by atoms with Gasteiger partial charge < -0.3 is 14.5 Å². The van der Waals surface area contributed by atoms with E-state index in [1.807, 2.05) is 19.1 Å². The molecule has 0 atom stereocenters. The molecule has 1 N–H and O–H groups in total. The van der Waals surface area contributed by atoms with Crippen molar-refractivity contribution in [1.29, 1.82) is 0 Å². The van der Waals surface area contributed by atoms with Gasteiger partial charge >= 0.3 is 0 Å². The van der Waals surface area contributed by atoms with Crippen LogP contribution in [0, 0.1) is 5.82 Å². The molecule has 0 bridgehead atoms. The van der Waals surface area contributed by atoms with Crippen molar-refractivity contribution in [1.82, 2.24) is 5.32 Å². The molecule has 0 aliphatic rings. The number of hydrogen-bond donors (Lipinski definition) is 1. The Morgan fingerprint density at radius 2 is 2.11 bits per heavy atom. The third kappa shape index (κ3) is 2.71. The predicted molar refractivity (Wildman–Crippen MR) is 68.0 cm³/mol. The second-order valence-electron chi connectivity index (χ2n) is 3.89. The summed E-state index contributed by atoms with van der Waals surface area (Å²) >= 11 is 0. The van der Waals surface area contributed by atoms with Gasteiger partial charge in [-0.3, -0.25) is 0 Å². The van der Waals surface area contributed by atoms with E-state index in [0.29, 0.717) is 23.6 Å². The lowest BCUT2D eigenvalue weighted by molar-refractivity contribution is 0.412. The molecule has 0 saturated carbocycles. The van der Waals surface area contributed by atoms with Crippen LogP contribution in [0.15, 0.2) is 34.7 Å². The molecule has 0 fully saturated rings. The summed E-state index contributed by atoms with van der Waals surface area (Å²) in [7, 11) is 1.55. The molecule has 96 valence electrons. The Labute approximate surface area is 106 Å². The summed E-state index contributed by atoms with van der Waals surface area (Å²) < 4.78 is 24.1. The van der Waals surface area contributed by atoms with Gasteiger partial charge in [0.25, 0.3) is 0 Å². The Bertz CT molecular complexity index is 522. The maximum absolute atomic E-state index is 13.3. The minimum absolute atomic E-state index is 0.310. The molecule has 1 heterocycles. The lowest BCUT2D eigenvalue weighted by Crippen LogP contribution is -2.10. The minimum Gasteiger partial charge on any atom is -0.496 e. The zero-order valence-electron chi connectivity index (χ0n) is 10.5. The SMILES string of the molecule is CCNCc1ccc(-c2cc(F)ccc2OC)o1. The first kappa shape index (κ1) is 12.6. The van der Waals surface area contributed by atoms with Crippen LogP contribution >= 0.6 is 0 Å². The molecular weight excluding hydrogens is 233 g/mol. The monoisotopic (exact) mass is 249 g/mol. The molecule has 0 spiro atoms. The van der Waals surface area contributed by atoms with Gasteiger partial charge in [-0.15, -0.1) is 0 Å². The van der Waals surface area contributed by atoms with Crippen LogP contribution in [0.25, 0.3) is 11.3 Å². The average molecular weight is 249 g/mol. The van der Waals surface area contributed by atoms with Crippen molar-refractivity contribution < 1.29 is 13.5 Å². The van der Waals surface area contributed by atoms with Gasteiger partial charge in [0.05, 0.1) is 19.2 Å². The van der Waals surface area contributed by atoms with E-state index in [2.05, 4.69) is 5.32 Å². The van der Waals surface area contributed by atoms with Gasteiger partial charge in [-0.25, -0.2) is 4.39 Å². The molecule has 2 aromatic rings. The second-order valence-corrected chi connectivity index (χ2v) is 3.89. The number of hydrogen-bond acceptors (Lipinski definition) is 3. The van der Waals surface area contributed by atoms with E-state index in [9.17, 15) is 4.39 Å². The average Bonchev–Trinajstić information content (AvgIpc) is 2.85. The highest BCUT2D eigenvalue weighted by atomic mass is 19.1. The summed E-state index contributed by atoms with van der Waals surface area (Å²) in [5, 5.41) is 3.17. The van der Waals surface area contributed by atoms with Crippen LogP contribution in [-0.2, 0) is 6.54 Å². The molecule has 1 aromatic heterocycles. The minimum atomic E-state index is -0.310. The van der Waals surface area contributed by atoms with Gasteiger partial charge in [-0.05, 0) is 36.9 Å². The molecular formula is C14H16FNO2. The number of halogens is 1. The maximum atomic E-state index is 13.3. The number of furan rings is 1. The number of rotatable bonds is 5. The van der Waals surface area contributed by atoms with Gasteiger partial charge in [0, 0.05) is 0 Å². The molecule has 0 aliphatic heterocycles. The predicted octanol–water partition coefficient (Wildman–Crippen LogP) is 3.20. The van der Waals surface area contributed by atoms with E-state index in [0.717, 1.165) is 12.3 Å². The Balaban J connectivity index is 2.30. The van der Waals surface area contributed by atoms with Crippen LogP contribution in [0.1, 0.15) is 12.7 Å². The summed E-state index contributed by atoms with van der Waals surface area (Å²) in [6.07, 6.45) is 0. The summed E-state index contributed by atoms with van der Waals surface area (Å²) in [4.78, 5) is 0. The van der Waals surface area contributed by atoms with Gasteiger partial charge in [0.2, 0.25) is 0 Å². The van der Waals surface area contributed by atoms with Crippen LogP contribution in [0.2, 0.25) is 0 Å². The van der Waals surface area contributed by atoms with Crippen LogP contribution in [-0.4, -0.2) is 13.7 Å². The van der Waals surface area contributed by atoms with Crippen molar-refractivity contribution in [3.05, 3.63) is 41.9 Å². The molecule has 3 nitrogen and oxygen atoms in total. The van der Waals surface area contributed by atoms with Crippen LogP contribution in [0.4, 0.5) is 4.39 Å². The highest BCUT2D eigenvalue weighted by Crippen LogP contribution is 2.31. The molecule has 0 radical (unpaired) electrons. The molecule has 0 aliphatic carbocycles. The normalized spacial score (nSPS) is 10.6. The fourth-order valence-electron chi connectivity index (χ4n) is 1.74. The fourth-order valence-corrected chi connectivity index (χ4v) is 1.74. The van der Waals surface area contributed by atoms with Crippen molar-refractivity contribution in [2.75, 3.05) is 13.7 Å². The van der Waals surface area contributed by atoms with E-state index in [-0.39, 0.29) is 5.82 Å². The van der Waals surface area contributed by atoms with Crippen molar-refractivity contribution in [3.8, 4) is 17.1 Å². The van der Waals surface area contributed by atoms with E-state index in [4.69, 9.17) is 9.15 Å². The maximum Gasteiger partial charge on any atom is 0.138 e. The summed E-state index contributed by atoms with van der Waals surface area (Å²) in [5.41, 5.74) is 0.625. The summed E-state index contributed by atoms with van der Waals surface area (Å²) in [5.74, 6) is 1.72. The molecule has 0 amide bonds. The highest BCUT2D eigenvalue weighted by Gasteiger charge is 2.11. The standard InChI is InChI=1S/C14H16FNO2/c1-3-16-9-11-5-7-14(18-11)12-8-10(15)4-6-13(12)17-2/h4-8,16H,3,9H2,1-2H3. The van der Waals surface area contributed by atoms with E-state index in [1.165, 1.54) is 12.1 Å². The van der Waals surface area contributed by atoms with Gasteiger partial charge in [-0.2, -0.15) is 0 Å². The van der Waals surface area contributed by atoms with Crippen LogP contribution in [0.3, 0.4) is 0 Å². The Morgan fingerprint density at radius 1 is 1.28 bits per heavy atom. The van der Waals surface area contributed by atoms with Crippen LogP contribution in [0.5, 0.6) is 5.75 Å². The lowest BCUT2D eigenvalue weighted by atomic mass is 10.1. The van der Waals surface area contributed by atoms with E-state index in [1.54, 1.807) is 13.2 Å². The molecule has 0 saturated heterocycles. The molecule has 18 heavy (non-hydrogen) atoms. The third-order valence-corrected chi connectivity index (χ3v) is 2.64. The molecule has 4 heteroatoms. The second kappa shape index (κ2) is 5.69. The van der Waals surface area contributed by atoms with Crippen molar-refractivity contribution >= 4 is 0 Å². The highest BCUT2D eigenvalue weighted by molar-refractivity contribution is 5.66. The Kier molecular flexibility index (Phi) is 3.99. The molecule has 2 rings (SSSR count). The molecule has 1 aromatic carbocycles. The number of benzene rings is 1. The zero-order chi connectivity index (χ0) is 13.0. The summed E-state index contributed by atoms with van der Waals surface area (Å²) in [6, 6.07) is 8.07. The zero-order valence-corrected chi connectivity index (χ0v) is 10.5. The van der Waals surface area contributed by atoms with E-state index < -0.39 is 0 Å². The lowest BCUT2D eigenvalue weighted by Gasteiger charge is -2.06. The first-order valence-corrected chi connectivity index (χ1v) is 5.88. The van der Waals surface area contributed by atoms with Gasteiger partial charge in [0.15, 0.2) is 0 Å². The van der Waals surface area contributed by atoms with Gasteiger partial charge in [-0.1, -0.05) is 6.92 Å². The fraction of sp³-hybridized carbons (Fsp3) is 0.286. The number of methoxy groups -OCH3 is 1. The van der Waals surface area contributed by atoms with Crippen molar-refractivity contribution in [2.24, 2.45) is 0 Å². The first-order valence-electron chi connectivity index (χ1n) is 5.88. The van der Waals surface area contributed by atoms with Gasteiger partial charge in [0.1, 0.15) is 23.1 Å². The molecule has 0 unspecified atom stereocenters. The Morgan fingerprint density at radius 3 is 2.83 bits per heavy atom.